The second kappa shape index (κ2) is 8.89. The average molecular weight is 393 g/mol. The van der Waals surface area contributed by atoms with E-state index in [2.05, 4.69) is 56.4 Å². The average Bonchev–Trinajstić information content (AvgIpc) is 3.44. The maximum Gasteiger partial charge on any atom is 0.226 e. The van der Waals surface area contributed by atoms with E-state index in [1.54, 1.807) is 12.6 Å². The highest BCUT2D eigenvalue weighted by Gasteiger charge is 2.24. The maximum absolute atomic E-state index is 5.65. The first-order valence-corrected chi connectivity index (χ1v) is 10.1. The summed E-state index contributed by atoms with van der Waals surface area (Å²) in [5.74, 6) is 2.97. The van der Waals surface area contributed by atoms with E-state index < -0.39 is 0 Å². The number of benzene rings is 1. The lowest BCUT2D eigenvalue weighted by molar-refractivity contribution is 0.298. The van der Waals surface area contributed by atoms with Gasteiger partial charge in [0.15, 0.2) is 5.96 Å². The molecule has 29 heavy (non-hydrogen) atoms. The molecular weight excluding hydrogens is 366 g/mol. The Morgan fingerprint density at radius 1 is 1.28 bits per heavy atom. The van der Waals surface area contributed by atoms with E-state index in [1.165, 1.54) is 5.56 Å². The summed E-state index contributed by atoms with van der Waals surface area (Å²) in [5.41, 5.74) is 3.02. The topological polar surface area (TPSA) is 95.2 Å². The molecule has 1 aliphatic rings. The largest absolute Gasteiger partial charge is 0.444 e. The standard InChI is InChI=1S/C21H27N7O/c1-3-22-21(28-10-8-16(9-11-28)19-24-14-25-27-19)23-12-18-13-29-20(26-18)17-6-4-15(2)5-7-17/h4-7,13-14,16H,3,8-12H2,1-2H3,(H,22,23)(H,24,25,27). The van der Waals surface area contributed by atoms with Crippen LogP contribution in [0.3, 0.4) is 0 Å². The van der Waals surface area contributed by atoms with E-state index in [0.29, 0.717) is 18.4 Å². The van der Waals surface area contributed by atoms with Crippen molar-refractivity contribution in [3.8, 4) is 11.5 Å². The number of aromatic amines is 1. The van der Waals surface area contributed by atoms with Crippen molar-refractivity contribution in [2.24, 2.45) is 4.99 Å². The molecule has 0 radical (unpaired) electrons. The molecule has 4 rings (SSSR count). The fourth-order valence-corrected chi connectivity index (χ4v) is 3.57. The Bertz CT molecular complexity index is 922. The number of piperidine rings is 1. The van der Waals surface area contributed by atoms with Gasteiger partial charge in [0.1, 0.15) is 24.1 Å². The summed E-state index contributed by atoms with van der Waals surface area (Å²) >= 11 is 0. The van der Waals surface area contributed by atoms with Crippen molar-refractivity contribution in [2.75, 3.05) is 19.6 Å². The monoisotopic (exact) mass is 393 g/mol. The molecule has 0 atom stereocenters. The second-order valence-electron chi connectivity index (χ2n) is 7.31. The third-order valence-electron chi connectivity index (χ3n) is 5.19. The Morgan fingerprint density at radius 3 is 2.76 bits per heavy atom. The van der Waals surface area contributed by atoms with Gasteiger partial charge < -0.3 is 14.6 Å². The van der Waals surface area contributed by atoms with Crippen LogP contribution in [0.25, 0.3) is 11.5 Å². The molecule has 3 aromatic rings. The summed E-state index contributed by atoms with van der Waals surface area (Å²) in [6.07, 6.45) is 5.33. The molecule has 8 nitrogen and oxygen atoms in total. The van der Waals surface area contributed by atoms with Crippen molar-refractivity contribution < 1.29 is 4.42 Å². The van der Waals surface area contributed by atoms with Gasteiger partial charge in [-0.1, -0.05) is 17.7 Å². The Morgan fingerprint density at radius 2 is 2.07 bits per heavy atom. The minimum absolute atomic E-state index is 0.434. The van der Waals surface area contributed by atoms with Crippen molar-refractivity contribution in [2.45, 2.75) is 39.2 Å². The van der Waals surface area contributed by atoms with Gasteiger partial charge in [-0.15, -0.1) is 0 Å². The molecule has 152 valence electrons. The fourth-order valence-electron chi connectivity index (χ4n) is 3.57. The minimum Gasteiger partial charge on any atom is -0.444 e. The lowest BCUT2D eigenvalue weighted by Crippen LogP contribution is -2.45. The highest BCUT2D eigenvalue weighted by atomic mass is 16.3. The van der Waals surface area contributed by atoms with Gasteiger partial charge in [-0.3, -0.25) is 5.10 Å². The van der Waals surface area contributed by atoms with Crippen LogP contribution in [0.5, 0.6) is 0 Å². The number of hydrogen-bond acceptors (Lipinski definition) is 5. The Labute approximate surface area is 170 Å². The summed E-state index contributed by atoms with van der Waals surface area (Å²) in [6, 6.07) is 8.17. The van der Waals surface area contributed by atoms with Crippen molar-refractivity contribution in [1.29, 1.82) is 0 Å². The van der Waals surface area contributed by atoms with Gasteiger partial charge in [-0.2, -0.15) is 5.10 Å². The zero-order chi connectivity index (χ0) is 20.1. The maximum atomic E-state index is 5.65. The van der Waals surface area contributed by atoms with Crippen LogP contribution in [0.1, 0.15) is 42.8 Å². The third-order valence-corrected chi connectivity index (χ3v) is 5.19. The highest BCUT2D eigenvalue weighted by molar-refractivity contribution is 5.80. The number of hydrogen-bond donors (Lipinski definition) is 2. The number of likely N-dealkylation sites (tertiary alicyclic amines) is 1. The van der Waals surface area contributed by atoms with Crippen molar-refractivity contribution >= 4 is 5.96 Å². The summed E-state index contributed by atoms with van der Waals surface area (Å²) < 4.78 is 5.65. The van der Waals surface area contributed by atoms with Gasteiger partial charge in [0, 0.05) is 31.1 Å². The van der Waals surface area contributed by atoms with Crippen LogP contribution in [0.4, 0.5) is 0 Å². The number of nitrogens with zero attached hydrogens (tertiary/aromatic N) is 5. The van der Waals surface area contributed by atoms with Crippen LogP contribution in [0, 0.1) is 6.92 Å². The SMILES string of the molecule is CCNC(=NCc1coc(-c2ccc(C)cc2)n1)N1CCC(c2ncn[nH]2)CC1. The number of H-pyrrole nitrogens is 1. The van der Waals surface area contributed by atoms with Crippen LogP contribution in [-0.4, -0.2) is 50.7 Å². The van der Waals surface area contributed by atoms with Crippen LogP contribution < -0.4 is 5.32 Å². The van der Waals surface area contributed by atoms with E-state index in [9.17, 15) is 0 Å². The zero-order valence-electron chi connectivity index (χ0n) is 16.9. The lowest BCUT2D eigenvalue weighted by Gasteiger charge is -2.33. The number of aryl methyl sites for hydroxylation is 1. The first-order valence-electron chi connectivity index (χ1n) is 10.1. The normalized spacial score (nSPS) is 15.7. The molecule has 0 bridgehead atoms. The molecule has 0 aliphatic carbocycles. The fraction of sp³-hybridized carbons (Fsp3) is 0.429. The van der Waals surface area contributed by atoms with E-state index in [1.807, 2.05) is 12.1 Å². The molecule has 2 aromatic heterocycles. The summed E-state index contributed by atoms with van der Waals surface area (Å²) in [7, 11) is 0. The molecule has 0 amide bonds. The van der Waals surface area contributed by atoms with Gasteiger partial charge in [-0.25, -0.2) is 15.0 Å². The molecule has 8 heteroatoms. The van der Waals surface area contributed by atoms with Crippen molar-refractivity contribution in [3.63, 3.8) is 0 Å². The predicted molar refractivity (Wildman–Crippen MR) is 111 cm³/mol. The van der Waals surface area contributed by atoms with Crippen LogP contribution in [0.2, 0.25) is 0 Å². The third kappa shape index (κ3) is 4.64. The zero-order valence-corrected chi connectivity index (χ0v) is 16.9. The first-order chi connectivity index (χ1) is 14.2. The number of oxazole rings is 1. The van der Waals surface area contributed by atoms with E-state index in [0.717, 1.165) is 55.5 Å². The number of aromatic nitrogens is 4. The molecule has 1 fully saturated rings. The summed E-state index contributed by atoms with van der Waals surface area (Å²) in [4.78, 5) is 16.0. The molecule has 3 heterocycles. The molecule has 0 unspecified atom stereocenters. The highest BCUT2D eigenvalue weighted by Crippen LogP contribution is 2.25. The van der Waals surface area contributed by atoms with Gasteiger partial charge >= 0.3 is 0 Å². The van der Waals surface area contributed by atoms with Crippen molar-refractivity contribution in [1.82, 2.24) is 30.4 Å². The molecule has 0 spiro atoms. The molecular formula is C21H27N7O. The molecule has 0 saturated carbocycles. The van der Waals surface area contributed by atoms with Crippen molar-refractivity contribution in [3.05, 3.63) is 53.9 Å². The Balaban J connectivity index is 1.39. The van der Waals surface area contributed by atoms with E-state index in [-0.39, 0.29) is 0 Å². The molecule has 1 aliphatic heterocycles. The minimum atomic E-state index is 0.434. The molecule has 1 saturated heterocycles. The number of rotatable bonds is 5. The van der Waals surface area contributed by atoms with Crippen LogP contribution >= 0.6 is 0 Å². The van der Waals surface area contributed by atoms with E-state index in [4.69, 9.17) is 9.41 Å². The van der Waals surface area contributed by atoms with E-state index >= 15 is 0 Å². The van der Waals surface area contributed by atoms with Crippen LogP contribution in [0.15, 0.2) is 46.3 Å². The van der Waals surface area contributed by atoms with Gasteiger partial charge in [-0.05, 0) is 38.8 Å². The number of aliphatic imine (C=N–C) groups is 1. The predicted octanol–water partition coefficient (Wildman–Crippen LogP) is 3.11. The number of guanidine groups is 1. The Hall–Kier alpha value is -3.16. The number of nitrogens with one attached hydrogen (secondary N) is 2. The smallest absolute Gasteiger partial charge is 0.226 e. The second-order valence-corrected chi connectivity index (χ2v) is 7.31. The van der Waals surface area contributed by atoms with Gasteiger partial charge in [0.2, 0.25) is 5.89 Å². The van der Waals surface area contributed by atoms with Crippen LogP contribution in [-0.2, 0) is 6.54 Å². The lowest BCUT2D eigenvalue weighted by atomic mass is 9.96. The molecule has 1 aromatic carbocycles. The van der Waals surface area contributed by atoms with Gasteiger partial charge in [0.25, 0.3) is 0 Å². The molecule has 2 N–H and O–H groups in total. The van der Waals surface area contributed by atoms with Gasteiger partial charge in [0.05, 0.1) is 6.54 Å². The first kappa shape index (κ1) is 19.2. The summed E-state index contributed by atoms with van der Waals surface area (Å²) in [6.45, 7) is 7.34. The Kier molecular flexibility index (Phi) is 5.88. The quantitative estimate of drug-likeness (QED) is 0.511. The summed E-state index contributed by atoms with van der Waals surface area (Å²) in [5, 5.41) is 10.4.